The summed E-state index contributed by atoms with van der Waals surface area (Å²) in [7, 11) is 3.43. The van der Waals surface area contributed by atoms with Gasteiger partial charge < -0.3 is 23.7 Å². The van der Waals surface area contributed by atoms with Gasteiger partial charge in [-0.3, -0.25) is 0 Å². The third-order valence-corrected chi connectivity index (χ3v) is 7.17. The van der Waals surface area contributed by atoms with Crippen molar-refractivity contribution in [2.45, 2.75) is 58.2 Å². The van der Waals surface area contributed by atoms with Crippen molar-refractivity contribution >= 4 is 0 Å². The molecule has 0 atom stereocenters. The predicted octanol–water partition coefficient (Wildman–Crippen LogP) is 5.49. The summed E-state index contributed by atoms with van der Waals surface area (Å²) in [5.41, 5.74) is 11.0. The van der Waals surface area contributed by atoms with Gasteiger partial charge in [-0.15, -0.1) is 0 Å². The van der Waals surface area contributed by atoms with Gasteiger partial charge in [-0.25, -0.2) is 0 Å². The van der Waals surface area contributed by atoms with E-state index in [1.54, 1.807) is 14.2 Å². The molecular weight excluding hydrogens is 428 g/mol. The van der Waals surface area contributed by atoms with Crippen LogP contribution < -0.4 is 0 Å². The summed E-state index contributed by atoms with van der Waals surface area (Å²) in [5.74, 6) is 0. The molecule has 0 unspecified atom stereocenters. The average Bonchev–Trinajstić information content (AvgIpc) is 2.95. The lowest BCUT2D eigenvalue weighted by Gasteiger charge is -2.33. The van der Waals surface area contributed by atoms with Gasteiger partial charge in [-0.2, -0.15) is 0 Å². The topological polar surface area (TPSA) is 46.2 Å². The molecule has 0 saturated carbocycles. The number of hydrogen-bond acceptors (Lipinski definition) is 5. The summed E-state index contributed by atoms with van der Waals surface area (Å²) >= 11 is 0. The smallest absolute Gasteiger partial charge is 0.0727 e. The Balaban J connectivity index is 1.69. The number of ether oxygens (including phenoxy) is 5. The molecule has 2 aliphatic rings. The van der Waals surface area contributed by atoms with Crippen LogP contribution in [-0.2, 0) is 42.3 Å². The van der Waals surface area contributed by atoms with E-state index in [0.29, 0.717) is 39.6 Å². The van der Waals surface area contributed by atoms with E-state index in [0.717, 1.165) is 38.9 Å². The Kier molecular flexibility index (Phi) is 8.78. The van der Waals surface area contributed by atoms with Crippen molar-refractivity contribution in [3.63, 3.8) is 0 Å². The van der Waals surface area contributed by atoms with E-state index < -0.39 is 0 Å². The summed E-state index contributed by atoms with van der Waals surface area (Å²) < 4.78 is 28.1. The van der Waals surface area contributed by atoms with Gasteiger partial charge in [0.1, 0.15) is 0 Å². The molecule has 0 N–H and O–H groups in total. The second-order valence-electron chi connectivity index (χ2n) is 9.69. The normalized spacial score (nSPS) is 15.4. The minimum atomic E-state index is -0.0290. The molecule has 0 spiro atoms. The summed E-state index contributed by atoms with van der Waals surface area (Å²) in [6.45, 7) is 9.85. The lowest BCUT2D eigenvalue weighted by atomic mass is 9.70. The Morgan fingerprint density at radius 2 is 1.15 bits per heavy atom. The SMILES string of the molecule is COCCOCCCC1(CCCOCCOC)c2cc(C)cc3c2-c2c(cc(C)cc21)COC3. The molecule has 1 aliphatic carbocycles. The maximum absolute atomic E-state index is 6.12. The molecule has 0 saturated heterocycles. The van der Waals surface area contributed by atoms with Crippen molar-refractivity contribution in [2.75, 3.05) is 53.9 Å². The van der Waals surface area contributed by atoms with Gasteiger partial charge in [0, 0.05) is 32.8 Å². The number of methoxy groups -OCH3 is 2. The van der Waals surface area contributed by atoms with Crippen LogP contribution in [0, 0.1) is 13.8 Å². The first-order valence-corrected chi connectivity index (χ1v) is 12.6. The fourth-order valence-electron chi connectivity index (χ4n) is 5.82. The Morgan fingerprint density at radius 1 is 0.676 bits per heavy atom. The highest BCUT2D eigenvalue weighted by molar-refractivity contribution is 5.86. The highest BCUT2D eigenvalue weighted by Gasteiger charge is 2.45. The summed E-state index contributed by atoms with van der Waals surface area (Å²) in [6.07, 6.45) is 4.14. The van der Waals surface area contributed by atoms with Crippen LogP contribution >= 0.6 is 0 Å². The lowest BCUT2D eigenvalue weighted by Crippen LogP contribution is -2.27. The summed E-state index contributed by atoms with van der Waals surface area (Å²) in [5, 5.41) is 0. The molecule has 5 heteroatoms. The molecule has 5 nitrogen and oxygen atoms in total. The highest BCUT2D eigenvalue weighted by Crippen LogP contribution is 2.57. The van der Waals surface area contributed by atoms with Gasteiger partial charge in [0.25, 0.3) is 0 Å². The van der Waals surface area contributed by atoms with Crippen molar-refractivity contribution < 1.29 is 23.7 Å². The van der Waals surface area contributed by atoms with Crippen LogP contribution in [-0.4, -0.2) is 53.9 Å². The van der Waals surface area contributed by atoms with Gasteiger partial charge in [0.05, 0.1) is 39.6 Å². The second kappa shape index (κ2) is 11.8. The van der Waals surface area contributed by atoms with E-state index in [1.165, 1.54) is 44.5 Å². The minimum Gasteiger partial charge on any atom is -0.382 e. The number of hydrogen-bond donors (Lipinski definition) is 0. The van der Waals surface area contributed by atoms with Crippen molar-refractivity contribution in [3.8, 4) is 11.1 Å². The molecule has 0 radical (unpaired) electrons. The monoisotopic (exact) mass is 468 g/mol. The molecular formula is C29H40O5. The van der Waals surface area contributed by atoms with Gasteiger partial charge in [-0.05, 0) is 72.9 Å². The van der Waals surface area contributed by atoms with Crippen LogP contribution in [0.1, 0.15) is 59.1 Å². The molecule has 0 aromatic heterocycles. The molecule has 34 heavy (non-hydrogen) atoms. The van der Waals surface area contributed by atoms with Crippen LogP contribution in [0.5, 0.6) is 0 Å². The van der Waals surface area contributed by atoms with E-state index >= 15 is 0 Å². The fourth-order valence-corrected chi connectivity index (χ4v) is 5.82. The molecule has 0 amide bonds. The molecule has 186 valence electrons. The standard InChI is InChI=1S/C29H40O5/c1-21-15-23-19-34-20-24-16-22(2)18-26-28(24)27(23)25(17-21)29(26,7-5-9-32-13-11-30-3)8-6-10-33-14-12-31-4/h15-18H,5-14,19-20H2,1-4H3. The molecule has 1 heterocycles. The lowest BCUT2D eigenvalue weighted by molar-refractivity contribution is 0.0629. The molecule has 4 rings (SSSR count). The largest absolute Gasteiger partial charge is 0.382 e. The second-order valence-corrected chi connectivity index (χ2v) is 9.69. The first-order chi connectivity index (χ1) is 16.6. The van der Waals surface area contributed by atoms with Crippen molar-refractivity contribution in [1.82, 2.24) is 0 Å². The van der Waals surface area contributed by atoms with Crippen molar-refractivity contribution in [3.05, 3.63) is 57.6 Å². The van der Waals surface area contributed by atoms with Gasteiger partial charge in [0.2, 0.25) is 0 Å². The van der Waals surface area contributed by atoms with Gasteiger partial charge in [-0.1, -0.05) is 35.4 Å². The number of benzene rings is 2. The Hall–Kier alpha value is -1.76. The molecule has 1 aliphatic heterocycles. The highest BCUT2D eigenvalue weighted by atomic mass is 16.5. The van der Waals surface area contributed by atoms with Gasteiger partial charge >= 0.3 is 0 Å². The maximum Gasteiger partial charge on any atom is 0.0727 e. The zero-order valence-corrected chi connectivity index (χ0v) is 21.3. The quantitative estimate of drug-likeness (QED) is 0.343. The predicted molar refractivity (Wildman–Crippen MR) is 134 cm³/mol. The summed E-state index contributed by atoms with van der Waals surface area (Å²) in [6, 6.07) is 9.49. The van der Waals surface area contributed by atoms with Crippen LogP contribution in [0.4, 0.5) is 0 Å². The van der Waals surface area contributed by atoms with E-state index in [4.69, 9.17) is 23.7 Å². The summed E-state index contributed by atoms with van der Waals surface area (Å²) in [4.78, 5) is 0. The fraction of sp³-hybridized carbons (Fsp3) is 0.586. The van der Waals surface area contributed by atoms with E-state index in [-0.39, 0.29) is 5.41 Å². The average molecular weight is 469 g/mol. The van der Waals surface area contributed by atoms with E-state index in [1.807, 2.05) is 0 Å². The Morgan fingerprint density at radius 3 is 1.59 bits per heavy atom. The molecule has 2 aromatic rings. The zero-order chi connectivity index (χ0) is 24.0. The zero-order valence-electron chi connectivity index (χ0n) is 21.3. The first kappa shape index (κ1) is 25.3. The van der Waals surface area contributed by atoms with E-state index in [2.05, 4.69) is 38.1 Å². The van der Waals surface area contributed by atoms with Crippen LogP contribution in [0.3, 0.4) is 0 Å². The molecule has 2 aromatic carbocycles. The Labute approximate surface area is 204 Å². The van der Waals surface area contributed by atoms with Crippen molar-refractivity contribution in [1.29, 1.82) is 0 Å². The van der Waals surface area contributed by atoms with Crippen LogP contribution in [0.2, 0.25) is 0 Å². The van der Waals surface area contributed by atoms with Crippen LogP contribution in [0.15, 0.2) is 24.3 Å². The number of aryl methyl sites for hydroxylation is 2. The molecule has 0 bridgehead atoms. The molecule has 0 fully saturated rings. The Bertz CT molecular complexity index is 890. The minimum absolute atomic E-state index is 0.0290. The van der Waals surface area contributed by atoms with Gasteiger partial charge in [0.15, 0.2) is 0 Å². The first-order valence-electron chi connectivity index (χ1n) is 12.6. The number of rotatable bonds is 14. The van der Waals surface area contributed by atoms with Crippen LogP contribution in [0.25, 0.3) is 11.1 Å². The van der Waals surface area contributed by atoms with Crippen molar-refractivity contribution in [2.24, 2.45) is 0 Å². The third kappa shape index (κ3) is 5.24. The van der Waals surface area contributed by atoms with E-state index in [9.17, 15) is 0 Å². The maximum atomic E-state index is 6.12. The third-order valence-electron chi connectivity index (χ3n) is 7.17.